The van der Waals surface area contributed by atoms with Crippen LogP contribution >= 0.6 is 0 Å². The minimum atomic E-state index is -1.40. The number of ether oxygens (including phenoxy) is 2. The fourth-order valence-electron chi connectivity index (χ4n) is 10.8. The van der Waals surface area contributed by atoms with E-state index >= 15 is 0 Å². The molecule has 0 bridgehead atoms. The van der Waals surface area contributed by atoms with Crippen molar-refractivity contribution in [3.8, 4) is 0 Å². The lowest BCUT2D eigenvalue weighted by Gasteiger charge is -2.59. The first-order chi connectivity index (χ1) is 20.1. The van der Waals surface area contributed by atoms with Crippen molar-refractivity contribution in [2.24, 2.45) is 46.3 Å². The summed E-state index contributed by atoms with van der Waals surface area (Å²) >= 11 is 0. The number of rotatable bonds is 10. The van der Waals surface area contributed by atoms with Crippen molar-refractivity contribution in [3.63, 3.8) is 0 Å². The molecule has 6 nitrogen and oxygen atoms in total. The first-order valence-corrected chi connectivity index (χ1v) is 17.5. The Morgan fingerprint density at radius 3 is 2.48 bits per heavy atom. The molecule has 3 saturated carbocycles. The van der Waals surface area contributed by atoms with Gasteiger partial charge in [0.2, 0.25) is 0 Å². The molecule has 240 valence electrons. The largest absolute Gasteiger partial charge is 0.394 e. The maximum atomic E-state index is 10.5. The third-order valence-corrected chi connectivity index (χ3v) is 13.1. The van der Waals surface area contributed by atoms with Crippen molar-refractivity contribution in [3.05, 3.63) is 23.8 Å². The van der Waals surface area contributed by atoms with Crippen LogP contribution in [0.5, 0.6) is 0 Å². The van der Waals surface area contributed by atoms with Crippen molar-refractivity contribution in [1.29, 1.82) is 0 Å². The summed E-state index contributed by atoms with van der Waals surface area (Å²) in [6.07, 6.45) is 15.8. The second-order valence-corrected chi connectivity index (χ2v) is 15.0. The Kier molecular flexibility index (Phi) is 10.3. The second-order valence-electron chi connectivity index (χ2n) is 15.0. The summed E-state index contributed by atoms with van der Waals surface area (Å²) < 4.78 is 12.0. The summed E-state index contributed by atoms with van der Waals surface area (Å²) in [5.41, 5.74) is 2.20. The molecule has 0 spiro atoms. The third-order valence-electron chi connectivity index (χ3n) is 13.1. The number of allylic oxidation sites excluding steroid dienone is 3. The molecule has 4 N–H and O–H groups in total. The Balaban J connectivity index is 1.29. The van der Waals surface area contributed by atoms with E-state index in [-0.39, 0.29) is 11.5 Å². The molecule has 5 aliphatic rings. The Morgan fingerprint density at radius 2 is 1.79 bits per heavy atom. The molecule has 1 aliphatic heterocycles. The minimum Gasteiger partial charge on any atom is -0.394 e. The van der Waals surface area contributed by atoms with Crippen LogP contribution in [-0.2, 0) is 9.47 Å². The number of aliphatic hydroxyl groups is 4. The fraction of sp³-hybridized carbons (Fsp3) is 0.889. The number of hydrogen-bond acceptors (Lipinski definition) is 6. The van der Waals surface area contributed by atoms with Gasteiger partial charge in [-0.1, -0.05) is 64.8 Å². The number of hydrogen-bond donors (Lipinski definition) is 4. The quantitative estimate of drug-likeness (QED) is 0.228. The Hall–Kier alpha value is -0.760. The van der Waals surface area contributed by atoms with Crippen LogP contribution in [0.3, 0.4) is 0 Å². The summed E-state index contributed by atoms with van der Waals surface area (Å²) in [5.74, 6) is 4.47. The highest BCUT2D eigenvalue weighted by molar-refractivity contribution is 5.26. The van der Waals surface area contributed by atoms with Gasteiger partial charge in [0.1, 0.15) is 24.4 Å². The first kappa shape index (κ1) is 32.6. The van der Waals surface area contributed by atoms with Crippen molar-refractivity contribution in [2.75, 3.05) is 6.61 Å². The molecule has 6 heteroatoms. The molecule has 4 fully saturated rings. The predicted octanol–water partition coefficient (Wildman–Crippen LogP) is 6.16. The molecule has 0 aromatic rings. The molecule has 1 saturated heterocycles. The number of fused-ring (bicyclic) bond motifs is 5. The molecule has 0 amide bonds. The maximum Gasteiger partial charge on any atom is 0.186 e. The van der Waals surface area contributed by atoms with Crippen LogP contribution in [0.25, 0.3) is 0 Å². The average molecular weight is 589 g/mol. The van der Waals surface area contributed by atoms with Crippen LogP contribution in [0.2, 0.25) is 0 Å². The standard InChI is InChI=1S/C36H60O6/c1-6-9-22(4)10-11-23(7-2)27-14-15-28-26-13-12-24-20-25(41-34-33(40)32(39)31(38)30(21-37)42-34)16-19-36(24,8-3)29(26)17-18-35(27,28)5/h10-12,22-23,25-34,37-40H,6-9,13-21H2,1-5H3. The van der Waals surface area contributed by atoms with E-state index in [1.54, 1.807) is 0 Å². The monoisotopic (exact) mass is 588 g/mol. The van der Waals surface area contributed by atoms with Crippen LogP contribution in [0, 0.1) is 46.3 Å². The summed E-state index contributed by atoms with van der Waals surface area (Å²) in [5, 5.41) is 40.5. The van der Waals surface area contributed by atoms with E-state index < -0.39 is 37.3 Å². The molecule has 14 atom stereocenters. The zero-order valence-corrected chi connectivity index (χ0v) is 27.0. The predicted molar refractivity (Wildman–Crippen MR) is 165 cm³/mol. The molecule has 4 aliphatic carbocycles. The lowest BCUT2D eigenvalue weighted by atomic mass is 9.46. The molecule has 1 heterocycles. The third kappa shape index (κ3) is 5.71. The van der Waals surface area contributed by atoms with Crippen molar-refractivity contribution in [2.45, 2.75) is 148 Å². The summed E-state index contributed by atoms with van der Waals surface area (Å²) in [7, 11) is 0. The molecular formula is C36H60O6. The van der Waals surface area contributed by atoms with Gasteiger partial charge in [-0.15, -0.1) is 0 Å². The van der Waals surface area contributed by atoms with Gasteiger partial charge in [-0.25, -0.2) is 0 Å². The minimum absolute atomic E-state index is 0.106. The van der Waals surface area contributed by atoms with E-state index in [0.29, 0.717) is 17.3 Å². The molecule has 0 radical (unpaired) electrons. The van der Waals surface area contributed by atoms with Gasteiger partial charge in [0, 0.05) is 0 Å². The van der Waals surface area contributed by atoms with Crippen LogP contribution < -0.4 is 0 Å². The smallest absolute Gasteiger partial charge is 0.186 e. The molecule has 5 rings (SSSR count). The van der Waals surface area contributed by atoms with Crippen LogP contribution in [0.1, 0.15) is 112 Å². The molecule has 14 unspecified atom stereocenters. The van der Waals surface area contributed by atoms with E-state index in [0.717, 1.165) is 49.4 Å². The van der Waals surface area contributed by atoms with E-state index in [1.165, 1.54) is 56.9 Å². The van der Waals surface area contributed by atoms with Crippen LogP contribution in [-0.4, -0.2) is 63.8 Å². The summed E-state index contributed by atoms with van der Waals surface area (Å²) in [6, 6.07) is 0. The highest BCUT2D eigenvalue weighted by Gasteiger charge is 2.60. The number of aliphatic hydroxyl groups excluding tert-OH is 4. The van der Waals surface area contributed by atoms with Gasteiger partial charge in [0.15, 0.2) is 6.29 Å². The lowest BCUT2D eigenvalue weighted by molar-refractivity contribution is -0.313. The van der Waals surface area contributed by atoms with Crippen molar-refractivity contribution >= 4 is 0 Å². The summed E-state index contributed by atoms with van der Waals surface area (Å²) in [6.45, 7) is 11.7. The average Bonchev–Trinajstić information content (AvgIpc) is 3.34. The maximum absolute atomic E-state index is 10.5. The summed E-state index contributed by atoms with van der Waals surface area (Å²) in [4.78, 5) is 0. The molecule has 0 aromatic heterocycles. The zero-order chi connectivity index (χ0) is 30.2. The van der Waals surface area contributed by atoms with Crippen molar-refractivity contribution in [1.82, 2.24) is 0 Å². The van der Waals surface area contributed by atoms with Gasteiger partial charge in [-0.2, -0.15) is 0 Å². The van der Waals surface area contributed by atoms with Gasteiger partial charge in [0.05, 0.1) is 12.7 Å². The molecule has 42 heavy (non-hydrogen) atoms. The zero-order valence-electron chi connectivity index (χ0n) is 27.0. The fourth-order valence-corrected chi connectivity index (χ4v) is 10.8. The van der Waals surface area contributed by atoms with Gasteiger partial charge >= 0.3 is 0 Å². The van der Waals surface area contributed by atoms with Crippen molar-refractivity contribution < 1.29 is 29.9 Å². The lowest BCUT2D eigenvalue weighted by Crippen LogP contribution is -2.60. The normalized spacial score (nSPS) is 46.9. The highest BCUT2D eigenvalue weighted by Crippen LogP contribution is 2.68. The van der Waals surface area contributed by atoms with E-state index in [1.807, 2.05) is 0 Å². The molecule has 0 aromatic carbocycles. The Bertz CT molecular complexity index is 963. The topological polar surface area (TPSA) is 99.4 Å². The first-order valence-electron chi connectivity index (χ1n) is 17.5. The Labute approximate surface area is 255 Å². The highest BCUT2D eigenvalue weighted by atomic mass is 16.7. The van der Waals surface area contributed by atoms with E-state index in [9.17, 15) is 20.4 Å². The van der Waals surface area contributed by atoms with Crippen LogP contribution in [0.4, 0.5) is 0 Å². The molecular weight excluding hydrogens is 528 g/mol. The SMILES string of the molecule is CCCC(C)C=CC(CC)C1CCC2C3CC=C4CC(OC5OC(CO)C(O)C(O)C5O)CCC4(CC)C3CCC12C. The van der Waals surface area contributed by atoms with E-state index in [2.05, 4.69) is 52.8 Å². The Morgan fingerprint density at radius 1 is 1.00 bits per heavy atom. The second kappa shape index (κ2) is 13.3. The van der Waals surface area contributed by atoms with Gasteiger partial charge < -0.3 is 29.9 Å². The van der Waals surface area contributed by atoms with Crippen LogP contribution in [0.15, 0.2) is 23.8 Å². The van der Waals surface area contributed by atoms with Gasteiger partial charge in [0.25, 0.3) is 0 Å². The van der Waals surface area contributed by atoms with E-state index in [4.69, 9.17) is 9.47 Å². The van der Waals surface area contributed by atoms with Gasteiger partial charge in [-0.3, -0.25) is 0 Å². The van der Waals surface area contributed by atoms with Gasteiger partial charge in [-0.05, 0) is 117 Å².